The molecular formula is C21H19BrN2. The Kier molecular flexibility index (Phi) is 3.61. The topological polar surface area (TPSA) is 20.7 Å². The molecule has 1 N–H and O–H groups in total. The predicted octanol–water partition coefficient (Wildman–Crippen LogP) is 6.52. The highest BCUT2D eigenvalue weighted by Crippen LogP contribution is 2.38. The number of aromatic nitrogens is 2. The van der Waals surface area contributed by atoms with Crippen LogP contribution in [0.1, 0.15) is 18.2 Å². The van der Waals surface area contributed by atoms with Crippen molar-refractivity contribution in [2.75, 3.05) is 0 Å². The van der Waals surface area contributed by atoms with Crippen molar-refractivity contribution in [1.82, 2.24) is 9.55 Å². The van der Waals surface area contributed by atoms with Gasteiger partial charge in [-0.15, -0.1) is 0 Å². The summed E-state index contributed by atoms with van der Waals surface area (Å²) >= 11 is 3.60. The first kappa shape index (κ1) is 15.3. The molecule has 0 radical (unpaired) electrons. The Morgan fingerprint density at radius 3 is 2.79 bits per heavy atom. The smallest absolute Gasteiger partial charge is 0.0559 e. The molecule has 2 heterocycles. The van der Waals surface area contributed by atoms with Crippen LogP contribution >= 0.6 is 15.9 Å². The summed E-state index contributed by atoms with van der Waals surface area (Å²) in [6.45, 7) is 9.36. The van der Waals surface area contributed by atoms with Crippen molar-refractivity contribution in [1.29, 1.82) is 0 Å². The molecular weight excluding hydrogens is 360 g/mol. The highest BCUT2D eigenvalue weighted by Gasteiger charge is 2.16. The standard InChI is InChI=1S/C21H19BrN2/c1-4-16-17(8-6-14-10-11-24(5-2)21(14)16)20-13(3)23-19-9-7-15(22)12-18(19)20/h4,6-12,23H,1,5H2,2-3H3. The van der Waals surface area contributed by atoms with Gasteiger partial charge in [0.1, 0.15) is 0 Å². The maximum absolute atomic E-state index is 4.10. The zero-order valence-electron chi connectivity index (χ0n) is 13.9. The number of nitrogens with zero attached hydrogens (tertiary/aromatic N) is 1. The summed E-state index contributed by atoms with van der Waals surface area (Å²) < 4.78 is 3.38. The lowest BCUT2D eigenvalue weighted by Gasteiger charge is -2.12. The van der Waals surface area contributed by atoms with Gasteiger partial charge < -0.3 is 9.55 Å². The van der Waals surface area contributed by atoms with Gasteiger partial charge in [0.25, 0.3) is 0 Å². The van der Waals surface area contributed by atoms with E-state index in [4.69, 9.17) is 0 Å². The van der Waals surface area contributed by atoms with Crippen LogP contribution in [0, 0.1) is 6.92 Å². The van der Waals surface area contributed by atoms with Gasteiger partial charge in [0.05, 0.1) is 5.52 Å². The van der Waals surface area contributed by atoms with Crippen molar-refractivity contribution < 1.29 is 0 Å². The second kappa shape index (κ2) is 5.67. The van der Waals surface area contributed by atoms with Crippen LogP contribution in [-0.2, 0) is 6.54 Å². The number of aromatic amines is 1. The van der Waals surface area contributed by atoms with Crippen molar-refractivity contribution >= 4 is 43.8 Å². The molecule has 4 rings (SSSR count). The summed E-state index contributed by atoms with van der Waals surface area (Å²) in [5.74, 6) is 0. The second-order valence-electron chi connectivity index (χ2n) is 6.09. The third-order valence-electron chi connectivity index (χ3n) is 4.73. The minimum absolute atomic E-state index is 0.951. The van der Waals surface area contributed by atoms with Crippen molar-refractivity contribution in [3.63, 3.8) is 0 Å². The Balaban J connectivity index is 2.12. The number of halogens is 1. The normalized spacial score (nSPS) is 11.5. The minimum atomic E-state index is 0.951. The summed E-state index contributed by atoms with van der Waals surface area (Å²) in [6.07, 6.45) is 4.14. The highest BCUT2D eigenvalue weighted by molar-refractivity contribution is 9.10. The van der Waals surface area contributed by atoms with E-state index in [1.807, 2.05) is 6.08 Å². The first-order chi connectivity index (χ1) is 11.6. The molecule has 3 heteroatoms. The number of rotatable bonds is 3. The fourth-order valence-corrected chi connectivity index (χ4v) is 4.02. The lowest BCUT2D eigenvalue weighted by atomic mass is 9.95. The van der Waals surface area contributed by atoms with Crippen LogP contribution < -0.4 is 0 Å². The molecule has 2 nitrogen and oxygen atoms in total. The van der Waals surface area contributed by atoms with E-state index in [0.717, 1.165) is 16.5 Å². The van der Waals surface area contributed by atoms with Crippen molar-refractivity contribution in [2.45, 2.75) is 20.4 Å². The van der Waals surface area contributed by atoms with E-state index in [1.165, 1.54) is 38.7 Å². The van der Waals surface area contributed by atoms with Crippen LogP contribution in [0.2, 0.25) is 0 Å². The maximum atomic E-state index is 4.10. The van der Waals surface area contributed by atoms with Crippen molar-refractivity contribution in [3.8, 4) is 11.1 Å². The molecule has 0 amide bonds. The molecule has 0 aliphatic heterocycles. The molecule has 0 saturated heterocycles. The lowest BCUT2D eigenvalue weighted by molar-refractivity contribution is 0.797. The molecule has 0 bridgehead atoms. The monoisotopic (exact) mass is 378 g/mol. The number of hydrogen-bond acceptors (Lipinski definition) is 0. The van der Waals surface area contributed by atoms with Gasteiger partial charge in [0.2, 0.25) is 0 Å². The fraction of sp³-hybridized carbons (Fsp3) is 0.143. The van der Waals surface area contributed by atoms with Crippen LogP contribution in [0.15, 0.2) is 53.6 Å². The quantitative estimate of drug-likeness (QED) is 0.418. The van der Waals surface area contributed by atoms with Gasteiger partial charge in [-0.3, -0.25) is 0 Å². The van der Waals surface area contributed by atoms with E-state index >= 15 is 0 Å². The number of fused-ring (bicyclic) bond motifs is 2. The first-order valence-corrected chi connectivity index (χ1v) is 8.95. The van der Waals surface area contributed by atoms with Gasteiger partial charge in [-0.05, 0) is 43.7 Å². The molecule has 0 spiro atoms. The largest absolute Gasteiger partial charge is 0.358 e. The highest BCUT2D eigenvalue weighted by atomic mass is 79.9. The number of aryl methyl sites for hydroxylation is 2. The molecule has 0 aliphatic carbocycles. The van der Waals surface area contributed by atoms with E-state index in [2.05, 4.69) is 88.5 Å². The van der Waals surface area contributed by atoms with Crippen LogP contribution in [0.25, 0.3) is 39.0 Å². The molecule has 120 valence electrons. The van der Waals surface area contributed by atoms with Crippen LogP contribution in [0.4, 0.5) is 0 Å². The molecule has 2 aromatic carbocycles. The van der Waals surface area contributed by atoms with Gasteiger partial charge in [-0.1, -0.05) is 40.7 Å². The van der Waals surface area contributed by atoms with Gasteiger partial charge in [0.15, 0.2) is 0 Å². The lowest BCUT2D eigenvalue weighted by Crippen LogP contribution is -1.95. The molecule has 4 aromatic rings. The molecule has 2 aromatic heterocycles. The van der Waals surface area contributed by atoms with E-state index in [0.29, 0.717) is 0 Å². The Hall–Kier alpha value is -2.26. The number of benzene rings is 2. The maximum Gasteiger partial charge on any atom is 0.0559 e. The zero-order chi connectivity index (χ0) is 16.8. The Morgan fingerprint density at radius 1 is 1.21 bits per heavy atom. The predicted molar refractivity (Wildman–Crippen MR) is 107 cm³/mol. The average molecular weight is 379 g/mol. The molecule has 0 saturated carbocycles. The molecule has 0 fully saturated rings. The number of hydrogen-bond donors (Lipinski definition) is 1. The van der Waals surface area contributed by atoms with E-state index in [-0.39, 0.29) is 0 Å². The molecule has 0 unspecified atom stereocenters. The third kappa shape index (κ3) is 2.15. The third-order valence-corrected chi connectivity index (χ3v) is 5.23. The molecule has 0 atom stereocenters. The van der Waals surface area contributed by atoms with E-state index in [9.17, 15) is 0 Å². The summed E-state index contributed by atoms with van der Waals surface area (Å²) in [5.41, 5.74) is 7.28. The van der Waals surface area contributed by atoms with Crippen LogP contribution in [0.3, 0.4) is 0 Å². The van der Waals surface area contributed by atoms with Crippen LogP contribution in [-0.4, -0.2) is 9.55 Å². The Morgan fingerprint density at radius 2 is 2.04 bits per heavy atom. The first-order valence-electron chi connectivity index (χ1n) is 8.16. The Labute approximate surface area is 149 Å². The van der Waals surface area contributed by atoms with E-state index < -0.39 is 0 Å². The number of nitrogens with one attached hydrogen (secondary N) is 1. The summed E-state index contributed by atoms with van der Waals surface area (Å²) in [4.78, 5) is 3.51. The average Bonchev–Trinajstić information content (AvgIpc) is 3.13. The van der Waals surface area contributed by atoms with E-state index in [1.54, 1.807) is 0 Å². The van der Waals surface area contributed by atoms with Gasteiger partial charge in [-0.25, -0.2) is 0 Å². The minimum Gasteiger partial charge on any atom is -0.358 e. The summed E-state index contributed by atoms with van der Waals surface area (Å²) in [7, 11) is 0. The van der Waals surface area contributed by atoms with Crippen molar-refractivity contribution in [2.24, 2.45) is 0 Å². The zero-order valence-corrected chi connectivity index (χ0v) is 15.4. The summed E-state index contributed by atoms with van der Waals surface area (Å²) in [6, 6.07) is 13.0. The van der Waals surface area contributed by atoms with Gasteiger partial charge in [-0.2, -0.15) is 0 Å². The van der Waals surface area contributed by atoms with Crippen LogP contribution in [0.5, 0.6) is 0 Å². The van der Waals surface area contributed by atoms with Gasteiger partial charge >= 0.3 is 0 Å². The molecule has 24 heavy (non-hydrogen) atoms. The summed E-state index contributed by atoms with van der Waals surface area (Å²) in [5, 5.41) is 2.49. The second-order valence-corrected chi connectivity index (χ2v) is 7.00. The fourth-order valence-electron chi connectivity index (χ4n) is 3.66. The van der Waals surface area contributed by atoms with Gasteiger partial charge in [0, 0.05) is 50.3 Å². The Bertz CT molecular complexity index is 1080. The molecule has 0 aliphatic rings. The van der Waals surface area contributed by atoms with Crippen molar-refractivity contribution in [3.05, 3.63) is 64.9 Å². The SMILES string of the molecule is C=Cc1c(-c2c(C)[nH]c3ccc(Br)cc23)ccc2ccn(CC)c12. The number of H-pyrrole nitrogens is 1.